The molecule has 0 aliphatic carbocycles. The van der Waals surface area contributed by atoms with Crippen molar-refractivity contribution in [1.82, 2.24) is 10.2 Å². The van der Waals surface area contributed by atoms with Crippen LogP contribution in [0.3, 0.4) is 0 Å². The molecule has 0 radical (unpaired) electrons. The van der Waals surface area contributed by atoms with Gasteiger partial charge in [0.2, 0.25) is 0 Å². The Morgan fingerprint density at radius 3 is 3.07 bits per heavy atom. The number of nitrogens with one attached hydrogen (secondary N) is 1. The van der Waals surface area contributed by atoms with E-state index < -0.39 is 0 Å². The molecule has 0 saturated heterocycles. The van der Waals surface area contributed by atoms with Crippen LogP contribution in [0.15, 0.2) is 28.9 Å². The van der Waals surface area contributed by atoms with Crippen LogP contribution in [0.4, 0.5) is 0 Å². The van der Waals surface area contributed by atoms with Crippen molar-refractivity contribution in [2.75, 3.05) is 13.1 Å². The normalized spacial score (nSPS) is 27.2. The predicted octanol–water partition coefficient (Wildman–Crippen LogP) is 1.50. The minimum absolute atomic E-state index is 0.148. The summed E-state index contributed by atoms with van der Waals surface area (Å²) in [7, 11) is 0. The molecule has 0 aromatic heterocycles. The van der Waals surface area contributed by atoms with Gasteiger partial charge in [0, 0.05) is 25.5 Å². The Labute approximate surface area is 85.2 Å². The molecule has 3 heteroatoms. The van der Waals surface area contributed by atoms with Crippen LogP contribution in [0.2, 0.25) is 0 Å². The molecule has 1 unspecified atom stereocenters. The van der Waals surface area contributed by atoms with Gasteiger partial charge in [-0.3, -0.25) is 9.89 Å². The Kier molecular flexibility index (Phi) is 2.99. The highest BCUT2D eigenvalue weighted by Crippen LogP contribution is 2.09. The van der Waals surface area contributed by atoms with Gasteiger partial charge in [0.25, 0.3) is 0 Å². The monoisotopic (exact) mass is 191 g/mol. The van der Waals surface area contributed by atoms with Gasteiger partial charge in [0.05, 0.1) is 0 Å². The number of allylic oxidation sites excluding steroid dienone is 1. The summed E-state index contributed by atoms with van der Waals surface area (Å²) in [6.45, 7) is 4.24. The molecule has 1 N–H and O–H groups in total. The van der Waals surface area contributed by atoms with Gasteiger partial charge in [-0.15, -0.1) is 0 Å². The van der Waals surface area contributed by atoms with Crippen LogP contribution >= 0.6 is 0 Å². The molecule has 3 nitrogen and oxygen atoms in total. The van der Waals surface area contributed by atoms with E-state index in [-0.39, 0.29) is 6.29 Å². The molecule has 2 aliphatic heterocycles. The minimum atomic E-state index is 0.148. The van der Waals surface area contributed by atoms with E-state index in [4.69, 9.17) is 0 Å². The first-order valence-electron chi connectivity index (χ1n) is 5.27. The van der Waals surface area contributed by atoms with E-state index in [1.54, 1.807) is 0 Å². The maximum absolute atomic E-state index is 4.49. The Hall–Kier alpha value is -1.09. The third-order valence-corrected chi connectivity index (χ3v) is 2.64. The average molecular weight is 191 g/mol. The lowest BCUT2D eigenvalue weighted by Gasteiger charge is -2.31. The highest BCUT2D eigenvalue weighted by molar-refractivity contribution is 5.79. The molecule has 0 aromatic rings. The zero-order valence-electron chi connectivity index (χ0n) is 8.61. The third kappa shape index (κ3) is 2.04. The van der Waals surface area contributed by atoms with Gasteiger partial charge in [-0.05, 0) is 18.4 Å². The lowest BCUT2D eigenvalue weighted by atomic mass is 10.2. The standard InChI is InChI=1S/C11H17N3/c1-2-10-8-12-11(13-9-10)14-6-4-3-5-7-14/h3-4,8-9,11-12H,2,5-7H2,1H3. The van der Waals surface area contributed by atoms with Crippen molar-refractivity contribution in [2.45, 2.75) is 26.1 Å². The van der Waals surface area contributed by atoms with Crippen LogP contribution in [0, 0.1) is 0 Å². The molecule has 0 amide bonds. The van der Waals surface area contributed by atoms with Gasteiger partial charge in [-0.1, -0.05) is 19.1 Å². The molecule has 2 aliphatic rings. The number of hydrogen-bond acceptors (Lipinski definition) is 3. The molecule has 0 bridgehead atoms. The second-order valence-corrected chi connectivity index (χ2v) is 3.65. The van der Waals surface area contributed by atoms with Crippen molar-refractivity contribution in [1.29, 1.82) is 0 Å². The Balaban J connectivity index is 1.93. The highest BCUT2D eigenvalue weighted by Gasteiger charge is 2.17. The number of hydrogen-bond donors (Lipinski definition) is 1. The van der Waals surface area contributed by atoms with Gasteiger partial charge in [-0.2, -0.15) is 0 Å². The maximum atomic E-state index is 4.49. The topological polar surface area (TPSA) is 27.6 Å². The highest BCUT2D eigenvalue weighted by atomic mass is 15.4. The molecular formula is C11H17N3. The second-order valence-electron chi connectivity index (χ2n) is 3.65. The van der Waals surface area contributed by atoms with Gasteiger partial charge in [0.15, 0.2) is 6.29 Å². The molecule has 14 heavy (non-hydrogen) atoms. The molecule has 0 saturated carbocycles. The summed E-state index contributed by atoms with van der Waals surface area (Å²) in [4.78, 5) is 6.83. The molecule has 2 rings (SSSR count). The zero-order valence-corrected chi connectivity index (χ0v) is 8.61. The average Bonchev–Trinajstić information content (AvgIpc) is 2.30. The lowest BCUT2D eigenvalue weighted by molar-refractivity contribution is 0.200. The summed E-state index contributed by atoms with van der Waals surface area (Å²) >= 11 is 0. The van der Waals surface area contributed by atoms with E-state index in [9.17, 15) is 0 Å². The lowest BCUT2D eigenvalue weighted by Crippen LogP contribution is -2.45. The van der Waals surface area contributed by atoms with Crippen molar-refractivity contribution in [3.8, 4) is 0 Å². The van der Waals surface area contributed by atoms with Crippen LogP contribution in [0.1, 0.15) is 19.8 Å². The van der Waals surface area contributed by atoms with Gasteiger partial charge < -0.3 is 5.32 Å². The molecular weight excluding hydrogens is 174 g/mol. The van der Waals surface area contributed by atoms with E-state index in [0.29, 0.717) is 0 Å². The fourth-order valence-corrected chi connectivity index (χ4v) is 1.70. The predicted molar refractivity (Wildman–Crippen MR) is 59.1 cm³/mol. The SMILES string of the molecule is CCC1=CNC(N2CC=CCC2)N=C1. The molecule has 2 heterocycles. The van der Waals surface area contributed by atoms with E-state index in [0.717, 1.165) is 25.9 Å². The van der Waals surface area contributed by atoms with Crippen LogP contribution in [-0.4, -0.2) is 30.5 Å². The number of aliphatic imine (C=N–C) groups is 1. The van der Waals surface area contributed by atoms with Crippen LogP contribution in [0.25, 0.3) is 0 Å². The van der Waals surface area contributed by atoms with E-state index in [1.165, 1.54) is 5.57 Å². The summed E-state index contributed by atoms with van der Waals surface area (Å²) in [5.74, 6) is 0. The molecule has 0 aromatic carbocycles. The van der Waals surface area contributed by atoms with Crippen LogP contribution < -0.4 is 5.32 Å². The fourth-order valence-electron chi connectivity index (χ4n) is 1.70. The summed E-state index contributed by atoms with van der Waals surface area (Å²) in [6.07, 6.45) is 10.8. The molecule has 1 atom stereocenters. The fraction of sp³-hybridized carbons (Fsp3) is 0.545. The van der Waals surface area contributed by atoms with Crippen LogP contribution in [-0.2, 0) is 0 Å². The first kappa shape index (κ1) is 9.46. The molecule has 0 fully saturated rings. The first-order valence-corrected chi connectivity index (χ1v) is 5.27. The summed E-state index contributed by atoms with van der Waals surface area (Å²) in [5, 5.41) is 3.32. The van der Waals surface area contributed by atoms with E-state index in [1.807, 2.05) is 6.21 Å². The number of nitrogens with zero attached hydrogens (tertiary/aromatic N) is 2. The first-order chi connectivity index (χ1) is 6.90. The maximum Gasteiger partial charge on any atom is 0.176 e. The van der Waals surface area contributed by atoms with E-state index in [2.05, 4.69) is 40.5 Å². The zero-order chi connectivity index (χ0) is 9.80. The van der Waals surface area contributed by atoms with Crippen molar-refractivity contribution in [2.24, 2.45) is 4.99 Å². The largest absolute Gasteiger partial charge is 0.357 e. The third-order valence-electron chi connectivity index (χ3n) is 2.64. The minimum Gasteiger partial charge on any atom is -0.357 e. The van der Waals surface area contributed by atoms with Crippen molar-refractivity contribution in [3.05, 3.63) is 23.9 Å². The summed E-state index contributed by atoms with van der Waals surface area (Å²) in [5.41, 5.74) is 1.27. The van der Waals surface area contributed by atoms with Crippen molar-refractivity contribution in [3.63, 3.8) is 0 Å². The van der Waals surface area contributed by atoms with Gasteiger partial charge >= 0.3 is 0 Å². The van der Waals surface area contributed by atoms with Gasteiger partial charge in [0.1, 0.15) is 0 Å². The Bertz CT molecular complexity index is 278. The van der Waals surface area contributed by atoms with Crippen molar-refractivity contribution < 1.29 is 0 Å². The second kappa shape index (κ2) is 4.42. The van der Waals surface area contributed by atoms with Gasteiger partial charge in [-0.25, -0.2) is 0 Å². The molecule has 76 valence electrons. The quantitative estimate of drug-likeness (QED) is 0.670. The Morgan fingerprint density at radius 1 is 1.57 bits per heavy atom. The number of rotatable bonds is 2. The Morgan fingerprint density at radius 2 is 2.50 bits per heavy atom. The smallest absolute Gasteiger partial charge is 0.176 e. The summed E-state index contributed by atoms with van der Waals surface area (Å²) < 4.78 is 0. The molecule has 0 spiro atoms. The van der Waals surface area contributed by atoms with Crippen LogP contribution in [0.5, 0.6) is 0 Å². The van der Waals surface area contributed by atoms with Crippen molar-refractivity contribution >= 4 is 6.21 Å². The van der Waals surface area contributed by atoms with E-state index >= 15 is 0 Å². The summed E-state index contributed by atoms with van der Waals surface area (Å²) in [6, 6.07) is 0.